The predicted molar refractivity (Wildman–Crippen MR) is 44.4 cm³/mol. The van der Waals surface area contributed by atoms with Gasteiger partial charge >= 0.3 is 0 Å². The number of aryl methyl sites for hydroxylation is 1. The van der Waals surface area contributed by atoms with E-state index >= 15 is 0 Å². The minimum Gasteiger partial charge on any atom is -0.330 e. The predicted octanol–water partition coefficient (Wildman–Crippen LogP) is 1.74. The molecule has 0 bridgehead atoms. The Morgan fingerprint density at radius 2 is 2.60 bits per heavy atom. The Morgan fingerprint density at radius 3 is 3.40 bits per heavy atom. The number of thiophene rings is 1. The summed E-state index contributed by atoms with van der Waals surface area (Å²) in [5.41, 5.74) is 7.13. The van der Waals surface area contributed by atoms with Gasteiger partial charge in [0.1, 0.15) is 0 Å². The lowest BCUT2D eigenvalue weighted by atomic mass is 10.1. The molecule has 0 spiro atoms. The summed E-state index contributed by atoms with van der Waals surface area (Å²) >= 11 is 1.88. The van der Waals surface area contributed by atoms with Crippen LogP contribution in [0.25, 0.3) is 0 Å². The fraction of sp³-hybridized carbons (Fsp3) is 0.500. The molecule has 1 aromatic rings. The number of hydrogen-bond acceptors (Lipinski definition) is 2. The zero-order valence-corrected chi connectivity index (χ0v) is 6.66. The highest BCUT2D eigenvalue weighted by atomic mass is 32.1. The molecule has 0 saturated heterocycles. The van der Waals surface area contributed by atoms with Crippen LogP contribution in [-0.4, -0.2) is 6.54 Å². The first-order valence-corrected chi connectivity index (χ1v) is 4.56. The van der Waals surface area contributed by atoms with E-state index < -0.39 is 0 Å². The van der Waals surface area contributed by atoms with Gasteiger partial charge in [-0.3, -0.25) is 0 Å². The molecule has 1 unspecified atom stereocenters. The Hall–Kier alpha value is -0.340. The summed E-state index contributed by atoms with van der Waals surface area (Å²) in [6.07, 6.45) is 2.54. The van der Waals surface area contributed by atoms with E-state index in [1.807, 2.05) is 11.3 Å². The minimum absolute atomic E-state index is 0.668. The summed E-state index contributed by atoms with van der Waals surface area (Å²) in [4.78, 5) is 1.57. The maximum atomic E-state index is 5.61. The molecule has 0 saturated carbocycles. The maximum absolute atomic E-state index is 5.61. The fourth-order valence-electron chi connectivity index (χ4n) is 1.62. The van der Waals surface area contributed by atoms with Crippen molar-refractivity contribution < 1.29 is 0 Å². The molecule has 10 heavy (non-hydrogen) atoms. The molecule has 1 atom stereocenters. The summed E-state index contributed by atoms with van der Waals surface area (Å²) in [5.74, 6) is 0.668. The molecule has 1 nitrogen and oxygen atoms in total. The average molecular weight is 153 g/mol. The van der Waals surface area contributed by atoms with Crippen LogP contribution in [0, 0.1) is 0 Å². The van der Waals surface area contributed by atoms with Crippen molar-refractivity contribution in [3.05, 3.63) is 21.9 Å². The third kappa shape index (κ3) is 0.796. The average Bonchev–Trinajstić information content (AvgIpc) is 2.44. The summed E-state index contributed by atoms with van der Waals surface area (Å²) < 4.78 is 0. The van der Waals surface area contributed by atoms with Crippen LogP contribution < -0.4 is 5.73 Å². The van der Waals surface area contributed by atoms with Gasteiger partial charge in [-0.05, 0) is 42.3 Å². The largest absolute Gasteiger partial charge is 0.330 e. The first-order chi connectivity index (χ1) is 4.92. The molecule has 0 amide bonds. The Labute approximate surface area is 64.9 Å². The standard InChI is InChI=1S/C8H11NS/c9-5-6-1-2-8-7(6)3-4-10-8/h3-4,6H,1-2,5,9H2. The van der Waals surface area contributed by atoms with Crippen molar-refractivity contribution in [1.82, 2.24) is 0 Å². The maximum Gasteiger partial charge on any atom is 0.00807 e. The highest BCUT2D eigenvalue weighted by Gasteiger charge is 2.21. The van der Waals surface area contributed by atoms with Crippen molar-refractivity contribution in [1.29, 1.82) is 0 Å². The van der Waals surface area contributed by atoms with Gasteiger partial charge in [0.05, 0.1) is 0 Å². The normalized spacial score (nSPS) is 23.1. The third-order valence-electron chi connectivity index (χ3n) is 2.22. The Kier molecular flexibility index (Phi) is 1.51. The van der Waals surface area contributed by atoms with E-state index in [0.717, 1.165) is 6.54 Å². The van der Waals surface area contributed by atoms with E-state index in [9.17, 15) is 0 Å². The highest BCUT2D eigenvalue weighted by Crippen LogP contribution is 2.35. The second-order valence-corrected chi connectivity index (χ2v) is 3.77. The molecule has 0 fully saturated rings. The molecule has 1 aliphatic carbocycles. The van der Waals surface area contributed by atoms with E-state index in [1.165, 1.54) is 18.4 Å². The van der Waals surface area contributed by atoms with Crippen LogP contribution in [0.2, 0.25) is 0 Å². The van der Waals surface area contributed by atoms with E-state index in [0.29, 0.717) is 5.92 Å². The Bertz CT molecular complexity index is 229. The van der Waals surface area contributed by atoms with Crippen molar-refractivity contribution in [2.75, 3.05) is 6.54 Å². The molecular formula is C8H11NS. The second kappa shape index (κ2) is 2.36. The van der Waals surface area contributed by atoms with Crippen LogP contribution in [-0.2, 0) is 6.42 Å². The van der Waals surface area contributed by atoms with Gasteiger partial charge in [0.15, 0.2) is 0 Å². The van der Waals surface area contributed by atoms with Gasteiger partial charge < -0.3 is 5.73 Å². The lowest BCUT2D eigenvalue weighted by Gasteiger charge is -2.03. The molecule has 1 heterocycles. The molecule has 2 heteroatoms. The molecule has 0 radical (unpaired) electrons. The van der Waals surface area contributed by atoms with Crippen molar-refractivity contribution >= 4 is 11.3 Å². The highest BCUT2D eigenvalue weighted by molar-refractivity contribution is 7.10. The van der Waals surface area contributed by atoms with E-state index in [-0.39, 0.29) is 0 Å². The zero-order valence-electron chi connectivity index (χ0n) is 5.84. The van der Waals surface area contributed by atoms with Gasteiger partial charge in [-0.25, -0.2) is 0 Å². The zero-order chi connectivity index (χ0) is 6.97. The van der Waals surface area contributed by atoms with E-state index in [4.69, 9.17) is 5.73 Å². The Balaban J connectivity index is 2.34. The smallest absolute Gasteiger partial charge is 0.00807 e. The van der Waals surface area contributed by atoms with Crippen LogP contribution in [0.15, 0.2) is 11.4 Å². The minimum atomic E-state index is 0.668. The Morgan fingerprint density at radius 1 is 1.70 bits per heavy atom. The van der Waals surface area contributed by atoms with Gasteiger partial charge in [0.25, 0.3) is 0 Å². The first-order valence-electron chi connectivity index (χ1n) is 3.68. The topological polar surface area (TPSA) is 26.0 Å². The van der Waals surface area contributed by atoms with Crippen LogP contribution in [0.5, 0.6) is 0 Å². The molecule has 2 rings (SSSR count). The lowest BCUT2D eigenvalue weighted by molar-refractivity contribution is 0.688. The molecule has 1 aromatic heterocycles. The van der Waals surface area contributed by atoms with Gasteiger partial charge in [-0.2, -0.15) is 0 Å². The summed E-state index contributed by atoms with van der Waals surface area (Å²) in [6, 6.07) is 2.23. The van der Waals surface area contributed by atoms with Gasteiger partial charge in [0.2, 0.25) is 0 Å². The van der Waals surface area contributed by atoms with Crippen LogP contribution in [0.4, 0.5) is 0 Å². The summed E-state index contributed by atoms with van der Waals surface area (Å²) in [5, 5.41) is 2.17. The fourth-order valence-corrected chi connectivity index (χ4v) is 2.61. The second-order valence-electron chi connectivity index (χ2n) is 2.77. The lowest BCUT2D eigenvalue weighted by Crippen LogP contribution is -2.08. The number of rotatable bonds is 1. The molecule has 0 aliphatic heterocycles. The van der Waals surface area contributed by atoms with Gasteiger partial charge in [-0.15, -0.1) is 11.3 Å². The first kappa shape index (κ1) is 6.38. The number of hydrogen-bond donors (Lipinski definition) is 1. The molecular weight excluding hydrogens is 142 g/mol. The molecule has 1 aliphatic rings. The van der Waals surface area contributed by atoms with Crippen molar-refractivity contribution in [2.45, 2.75) is 18.8 Å². The van der Waals surface area contributed by atoms with Gasteiger partial charge in [-0.1, -0.05) is 0 Å². The number of nitrogens with two attached hydrogens (primary N) is 1. The molecule has 0 aromatic carbocycles. The monoisotopic (exact) mass is 153 g/mol. The van der Waals surface area contributed by atoms with Gasteiger partial charge in [0, 0.05) is 4.88 Å². The third-order valence-corrected chi connectivity index (χ3v) is 3.22. The van der Waals surface area contributed by atoms with Crippen LogP contribution >= 0.6 is 11.3 Å². The summed E-state index contributed by atoms with van der Waals surface area (Å²) in [6.45, 7) is 0.823. The molecule has 54 valence electrons. The molecule has 2 N–H and O–H groups in total. The van der Waals surface area contributed by atoms with Crippen LogP contribution in [0.3, 0.4) is 0 Å². The van der Waals surface area contributed by atoms with Crippen molar-refractivity contribution in [3.8, 4) is 0 Å². The van der Waals surface area contributed by atoms with Crippen molar-refractivity contribution in [2.24, 2.45) is 5.73 Å². The van der Waals surface area contributed by atoms with Crippen molar-refractivity contribution in [3.63, 3.8) is 0 Å². The van der Waals surface area contributed by atoms with E-state index in [2.05, 4.69) is 11.4 Å². The van der Waals surface area contributed by atoms with Crippen LogP contribution in [0.1, 0.15) is 22.8 Å². The number of fused-ring (bicyclic) bond motifs is 1. The van der Waals surface area contributed by atoms with E-state index in [1.54, 1.807) is 4.88 Å². The summed E-state index contributed by atoms with van der Waals surface area (Å²) in [7, 11) is 0. The quantitative estimate of drug-likeness (QED) is 0.653. The SMILES string of the molecule is NCC1CCc2sccc21.